The Labute approximate surface area is 130 Å². The van der Waals surface area contributed by atoms with Gasteiger partial charge in [-0.25, -0.2) is 4.98 Å². The Morgan fingerprint density at radius 3 is 2.75 bits per heavy atom. The third-order valence-corrected chi connectivity index (χ3v) is 4.46. The van der Waals surface area contributed by atoms with Gasteiger partial charge in [0.2, 0.25) is 0 Å². The van der Waals surface area contributed by atoms with Crippen molar-refractivity contribution < 1.29 is 0 Å². The predicted octanol–water partition coefficient (Wildman–Crippen LogP) is 4.53. The second-order valence-corrected chi connectivity index (χ2v) is 6.25. The zero-order valence-corrected chi connectivity index (χ0v) is 13.2. The Bertz CT molecular complexity index is 678. The highest BCUT2D eigenvalue weighted by Gasteiger charge is 2.02. The maximum atomic E-state index is 4.55. The summed E-state index contributed by atoms with van der Waals surface area (Å²) in [6.07, 6.45) is 0. The number of rotatable bonds is 5. The number of benzene rings is 2. The van der Waals surface area contributed by atoms with Gasteiger partial charge in [-0.15, -0.1) is 0 Å². The Morgan fingerprint density at radius 2 is 1.90 bits per heavy atom. The van der Waals surface area contributed by atoms with Gasteiger partial charge in [-0.1, -0.05) is 36.0 Å². The van der Waals surface area contributed by atoms with Gasteiger partial charge in [0.25, 0.3) is 0 Å². The fourth-order valence-electron chi connectivity index (χ4n) is 1.94. The lowest BCUT2D eigenvalue weighted by Crippen LogP contribution is -2.04. The summed E-state index contributed by atoms with van der Waals surface area (Å²) in [5, 5.41) is 4.38. The minimum absolute atomic E-state index is 0.893. The summed E-state index contributed by atoms with van der Waals surface area (Å²) in [6, 6.07) is 16.2. The highest BCUT2D eigenvalue weighted by Crippen LogP contribution is 2.22. The molecular weight excluding hydrogens is 334 g/mol. The van der Waals surface area contributed by atoms with E-state index >= 15 is 0 Å². The number of aromatic amines is 1. The number of nitrogens with one attached hydrogen (secondary N) is 2. The van der Waals surface area contributed by atoms with Gasteiger partial charge in [0.1, 0.15) is 0 Å². The quantitative estimate of drug-likeness (QED) is 0.526. The molecule has 0 saturated heterocycles. The number of hydrogen-bond donors (Lipinski definition) is 2. The highest BCUT2D eigenvalue weighted by atomic mass is 79.9. The monoisotopic (exact) mass is 347 g/mol. The van der Waals surface area contributed by atoms with Crippen molar-refractivity contribution in [2.45, 2.75) is 5.16 Å². The molecule has 0 aliphatic carbocycles. The van der Waals surface area contributed by atoms with Crippen LogP contribution >= 0.6 is 27.7 Å². The number of thioether (sulfide) groups is 1. The Morgan fingerprint density at radius 1 is 1.10 bits per heavy atom. The van der Waals surface area contributed by atoms with E-state index in [-0.39, 0.29) is 0 Å². The zero-order valence-electron chi connectivity index (χ0n) is 10.8. The first-order chi connectivity index (χ1) is 9.83. The number of imidazole rings is 1. The summed E-state index contributed by atoms with van der Waals surface area (Å²) in [5.41, 5.74) is 3.24. The van der Waals surface area contributed by atoms with E-state index in [1.807, 2.05) is 42.5 Å². The molecule has 2 aromatic carbocycles. The topological polar surface area (TPSA) is 40.7 Å². The average Bonchev–Trinajstić information content (AvgIpc) is 2.88. The lowest BCUT2D eigenvalue weighted by molar-refractivity contribution is 1.07. The van der Waals surface area contributed by atoms with E-state index in [0.29, 0.717) is 0 Å². The summed E-state index contributed by atoms with van der Waals surface area (Å²) < 4.78 is 1.09. The maximum absolute atomic E-state index is 4.55. The number of hydrogen-bond acceptors (Lipinski definition) is 3. The van der Waals surface area contributed by atoms with Crippen molar-refractivity contribution in [2.24, 2.45) is 0 Å². The molecule has 0 atom stereocenters. The molecule has 0 aliphatic rings. The van der Waals surface area contributed by atoms with Crippen LogP contribution in [0.15, 0.2) is 58.2 Å². The fraction of sp³-hybridized carbons (Fsp3) is 0.133. The number of H-pyrrole nitrogens is 1. The van der Waals surface area contributed by atoms with Crippen molar-refractivity contribution in [3.05, 3.63) is 53.0 Å². The first-order valence-electron chi connectivity index (χ1n) is 6.39. The van der Waals surface area contributed by atoms with E-state index in [0.717, 1.165) is 38.6 Å². The van der Waals surface area contributed by atoms with E-state index in [9.17, 15) is 0 Å². The van der Waals surface area contributed by atoms with Crippen molar-refractivity contribution in [3.63, 3.8) is 0 Å². The van der Waals surface area contributed by atoms with E-state index in [2.05, 4.69) is 37.3 Å². The summed E-state index contributed by atoms with van der Waals surface area (Å²) in [7, 11) is 0. The molecule has 0 unspecified atom stereocenters. The Hall–Kier alpha value is -1.46. The van der Waals surface area contributed by atoms with Crippen molar-refractivity contribution >= 4 is 44.4 Å². The number of para-hydroxylation sites is 3. The van der Waals surface area contributed by atoms with Crippen LogP contribution in [0.3, 0.4) is 0 Å². The van der Waals surface area contributed by atoms with Crippen LogP contribution in [0.1, 0.15) is 0 Å². The largest absolute Gasteiger partial charge is 0.383 e. The first kappa shape index (κ1) is 13.5. The maximum Gasteiger partial charge on any atom is 0.166 e. The van der Waals surface area contributed by atoms with Gasteiger partial charge in [-0.3, -0.25) is 0 Å². The molecule has 0 fully saturated rings. The van der Waals surface area contributed by atoms with Crippen molar-refractivity contribution in [1.29, 1.82) is 0 Å². The molecule has 20 heavy (non-hydrogen) atoms. The molecule has 3 aromatic rings. The minimum Gasteiger partial charge on any atom is -0.383 e. The lowest BCUT2D eigenvalue weighted by Gasteiger charge is -2.07. The normalized spacial score (nSPS) is 10.8. The smallest absolute Gasteiger partial charge is 0.166 e. The van der Waals surface area contributed by atoms with Crippen molar-refractivity contribution in [1.82, 2.24) is 9.97 Å². The standard InChI is InChI=1S/C15H14BrN3S/c16-11-5-1-2-6-12(11)17-9-10-20-15-18-13-7-3-4-8-14(13)19-15/h1-8,17H,9-10H2,(H,18,19). The fourth-order valence-corrected chi connectivity index (χ4v) is 3.10. The lowest BCUT2D eigenvalue weighted by atomic mass is 10.3. The summed E-state index contributed by atoms with van der Waals surface area (Å²) in [5.74, 6) is 0.959. The van der Waals surface area contributed by atoms with Crippen molar-refractivity contribution in [3.8, 4) is 0 Å². The van der Waals surface area contributed by atoms with Crippen LogP contribution in [-0.4, -0.2) is 22.3 Å². The Balaban J connectivity index is 1.54. The van der Waals surface area contributed by atoms with Crippen LogP contribution in [0.4, 0.5) is 5.69 Å². The van der Waals surface area contributed by atoms with Gasteiger partial charge in [-0.05, 0) is 40.2 Å². The molecule has 0 spiro atoms. The van der Waals surface area contributed by atoms with Crippen LogP contribution in [0.25, 0.3) is 11.0 Å². The second-order valence-electron chi connectivity index (χ2n) is 4.31. The molecule has 3 nitrogen and oxygen atoms in total. The van der Waals surface area contributed by atoms with Crippen LogP contribution in [-0.2, 0) is 0 Å². The SMILES string of the molecule is Brc1ccccc1NCCSc1nc2ccccc2[nH]1. The van der Waals surface area contributed by atoms with Crippen LogP contribution in [0, 0.1) is 0 Å². The van der Waals surface area contributed by atoms with E-state index in [4.69, 9.17) is 0 Å². The van der Waals surface area contributed by atoms with E-state index in [1.54, 1.807) is 11.8 Å². The molecule has 102 valence electrons. The van der Waals surface area contributed by atoms with Gasteiger partial charge in [0.15, 0.2) is 5.16 Å². The van der Waals surface area contributed by atoms with Gasteiger partial charge in [0.05, 0.1) is 11.0 Å². The summed E-state index contributed by atoms with van der Waals surface area (Å²) in [4.78, 5) is 7.87. The number of halogens is 1. The van der Waals surface area contributed by atoms with Crippen molar-refractivity contribution in [2.75, 3.05) is 17.6 Å². The molecule has 5 heteroatoms. The molecule has 3 rings (SSSR count). The number of fused-ring (bicyclic) bond motifs is 1. The molecule has 0 saturated carbocycles. The van der Waals surface area contributed by atoms with Crippen LogP contribution in [0.2, 0.25) is 0 Å². The zero-order chi connectivity index (χ0) is 13.8. The molecule has 2 N–H and O–H groups in total. The molecular formula is C15H14BrN3S. The predicted molar refractivity (Wildman–Crippen MR) is 89.4 cm³/mol. The number of aromatic nitrogens is 2. The average molecular weight is 348 g/mol. The van der Waals surface area contributed by atoms with Crippen LogP contribution in [0.5, 0.6) is 0 Å². The third-order valence-electron chi connectivity index (χ3n) is 2.90. The first-order valence-corrected chi connectivity index (χ1v) is 8.17. The minimum atomic E-state index is 0.893. The molecule has 0 bridgehead atoms. The molecule has 0 aliphatic heterocycles. The summed E-state index contributed by atoms with van der Waals surface area (Å²) in [6.45, 7) is 0.893. The molecule has 1 aromatic heterocycles. The van der Waals surface area contributed by atoms with Gasteiger partial charge < -0.3 is 10.3 Å². The summed E-state index contributed by atoms with van der Waals surface area (Å²) >= 11 is 5.26. The highest BCUT2D eigenvalue weighted by molar-refractivity contribution is 9.10. The number of nitrogens with zero attached hydrogens (tertiary/aromatic N) is 1. The molecule has 1 heterocycles. The van der Waals surface area contributed by atoms with Gasteiger partial charge in [0, 0.05) is 22.5 Å². The van der Waals surface area contributed by atoms with Gasteiger partial charge in [-0.2, -0.15) is 0 Å². The second kappa shape index (κ2) is 6.33. The van der Waals surface area contributed by atoms with E-state index < -0.39 is 0 Å². The Kier molecular flexibility index (Phi) is 4.28. The molecule has 0 radical (unpaired) electrons. The third kappa shape index (κ3) is 3.16. The van der Waals surface area contributed by atoms with Gasteiger partial charge >= 0.3 is 0 Å². The van der Waals surface area contributed by atoms with Crippen LogP contribution < -0.4 is 5.32 Å². The number of anilines is 1. The molecule has 0 amide bonds. The van der Waals surface area contributed by atoms with E-state index in [1.165, 1.54) is 0 Å².